The first kappa shape index (κ1) is 18.7. The van der Waals surface area contributed by atoms with Gasteiger partial charge in [0.15, 0.2) is 0 Å². The molecule has 1 amide bonds. The van der Waals surface area contributed by atoms with E-state index in [2.05, 4.69) is 22.0 Å². The third kappa shape index (κ3) is 4.19. The summed E-state index contributed by atoms with van der Waals surface area (Å²) in [7, 11) is 1.99. The minimum Gasteiger partial charge on any atom is -0.481 e. The largest absolute Gasteiger partial charge is 0.481 e. The fourth-order valence-electron chi connectivity index (χ4n) is 3.42. The lowest BCUT2D eigenvalue weighted by atomic mass is 9.94. The molecule has 0 saturated heterocycles. The first-order valence-corrected chi connectivity index (χ1v) is 9.07. The van der Waals surface area contributed by atoms with Crippen LogP contribution in [0.1, 0.15) is 30.5 Å². The molecule has 3 rings (SSSR count). The number of fused-ring (bicyclic) bond motifs is 1. The Balaban J connectivity index is 1.71. The molecule has 0 aliphatic carbocycles. The number of amides is 1. The molecule has 0 aliphatic heterocycles. The van der Waals surface area contributed by atoms with Gasteiger partial charge in [0.1, 0.15) is 0 Å². The van der Waals surface area contributed by atoms with Crippen LogP contribution in [-0.2, 0) is 23.1 Å². The lowest BCUT2D eigenvalue weighted by Crippen LogP contribution is -2.35. The van der Waals surface area contributed by atoms with Crippen molar-refractivity contribution in [1.82, 2.24) is 9.88 Å². The van der Waals surface area contributed by atoms with Gasteiger partial charge in [-0.15, -0.1) is 0 Å². The SMILES string of the molecule is CC(C(=O)O)C(NC(=O)CCc1cn(C)c2ccccc12)c1ccccc1. The zero-order chi connectivity index (χ0) is 19.4. The van der Waals surface area contributed by atoms with Crippen LogP contribution in [-0.4, -0.2) is 21.6 Å². The molecule has 3 aromatic rings. The molecular formula is C22H24N2O3. The summed E-state index contributed by atoms with van der Waals surface area (Å²) < 4.78 is 2.06. The van der Waals surface area contributed by atoms with E-state index in [9.17, 15) is 14.7 Å². The molecular weight excluding hydrogens is 340 g/mol. The predicted molar refractivity (Wildman–Crippen MR) is 105 cm³/mol. The van der Waals surface area contributed by atoms with Gasteiger partial charge in [0, 0.05) is 30.6 Å². The zero-order valence-corrected chi connectivity index (χ0v) is 15.6. The van der Waals surface area contributed by atoms with Crippen LogP contribution in [0.4, 0.5) is 0 Å². The Hall–Kier alpha value is -3.08. The number of benzene rings is 2. The normalized spacial score (nSPS) is 13.3. The van der Waals surface area contributed by atoms with E-state index in [1.54, 1.807) is 6.92 Å². The summed E-state index contributed by atoms with van der Waals surface area (Å²) in [6, 6.07) is 16.8. The second-order valence-corrected chi connectivity index (χ2v) is 6.87. The van der Waals surface area contributed by atoms with E-state index in [1.807, 2.05) is 55.7 Å². The van der Waals surface area contributed by atoms with Gasteiger partial charge in [0.05, 0.1) is 12.0 Å². The first-order chi connectivity index (χ1) is 13.0. The quantitative estimate of drug-likeness (QED) is 0.672. The van der Waals surface area contributed by atoms with Crippen LogP contribution in [0.5, 0.6) is 0 Å². The van der Waals surface area contributed by atoms with E-state index in [0.29, 0.717) is 12.8 Å². The first-order valence-electron chi connectivity index (χ1n) is 9.07. The number of carbonyl (C=O) groups excluding carboxylic acids is 1. The molecule has 0 fully saturated rings. The minimum atomic E-state index is -0.932. The third-order valence-corrected chi connectivity index (χ3v) is 4.97. The van der Waals surface area contributed by atoms with Crippen LogP contribution in [0.2, 0.25) is 0 Å². The van der Waals surface area contributed by atoms with Crippen molar-refractivity contribution >= 4 is 22.8 Å². The van der Waals surface area contributed by atoms with Crippen LogP contribution >= 0.6 is 0 Å². The molecule has 27 heavy (non-hydrogen) atoms. The number of rotatable bonds is 7. The molecule has 140 valence electrons. The standard InChI is InChI=1S/C22H24N2O3/c1-15(22(26)27)21(16-8-4-3-5-9-16)23-20(25)13-12-17-14-24(2)19-11-7-6-10-18(17)19/h3-11,14-15,21H,12-13H2,1-2H3,(H,23,25)(H,26,27). The number of hydrogen-bond donors (Lipinski definition) is 2. The Bertz CT molecular complexity index is 947. The number of carbonyl (C=O) groups is 2. The van der Waals surface area contributed by atoms with Gasteiger partial charge in [-0.1, -0.05) is 48.5 Å². The average Bonchev–Trinajstić information content (AvgIpc) is 3.01. The molecule has 2 atom stereocenters. The highest BCUT2D eigenvalue weighted by molar-refractivity contribution is 5.85. The summed E-state index contributed by atoms with van der Waals surface area (Å²) >= 11 is 0. The Kier molecular flexibility index (Phi) is 5.60. The van der Waals surface area contributed by atoms with Gasteiger partial charge in [-0.3, -0.25) is 9.59 Å². The summed E-state index contributed by atoms with van der Waals surface area (Å²) in [5, 5.41) is 13.5. The lowest BCUT2D eigenvalue weighted by molar-refractivity contribution is -0.142. The fraction of sp³-hybridized carbons (Fsp3) is 0.273. The van der Waals surface area contributed by atoms with Crippen LogP contribution in [0.3, 0.4) is 0 Å². The van der Waals surface area contributed by atoms with E-state index < -0.39 is 17.9 Å². The molecule has 0 bridgehead atoms. The summed E-state index contributed by atoms with van der Waals surface area (Å²) in [6.45, 7) is 1.62. The summed E-state index contributed by atoms with van der Waals surface area (Å²) in [4.78, 5) is 24.0. The second-order valence-electron chi connectivity index (χ2n) is 6.87. The van der Waals surface area contributed by atoms with Gasteiger partial charge < -0.3 is 15.0 Å². The molecule has 2 N–H and O–H groups in total. The van der Waals surface area contributed by atoms with Crippen molar-refractivity contribution in [3.05, 3.63) is 71.9 Å². The van der Waals surface area contributed by atoms with Crippen molar-refractivity contribution < 1.29 is 14.7 Å². The van der Waals surface area contributed by atoms with E-state index in [4.69, 9.17) is 0 Å². The highest BCUT2D eigenvalue weighted by Crippen LogP contribution is 2.24. The molecule has 1 aromatic heterocycles. The minimum absolute atomic E-state index is 0.148. The molecule has 5 nitrogen and oxygen atoms in total. The van der Waals surface area contributed by atoms with E-state index in [-0.39, 0.29) is 5.91 Å². The summed E-state index contributed by atoms with van der Waals surface area (Å²) in [5.41, 5.74) is 3.05. The zero-order valence-electron chi connectivity index (χ0n) is 15.6. The van der Waals surface area contributed by atoms with E-state index >= 15 is 0 Å². The summed E-state index contributed by atoms with van der Waals surface area (Å²) in [5.74, 6) is -1.79. The van der Waals surface area contributed by atoms with Gasteiger partial charge in [-0.05, 0) is 30.5 Å². The number of nitrogens with one attached hydrogen (secondary N) is 1. The molecule has 0 saturated carbocycles. The van der Waals surface area contributed by atoms with Crippen molar-refractivity contribution in [1.29, 1.82) is 0 Å². The Morgan fingerprint density at radius 2 is 1.74 bits per heavy atom. The number of para-hydroxylation sites is 1. The van der Waals surface area contributed by atoms with Crippen LogP contribution in [0.15, 0.2) is 60.8 Å². The maximum Gasteiger partial charge on any atom is 0.308 e. The Morgan fingerprint density at radius 3 is 2.44 bits per heavy atom. The van der Waals surface area contributed by atoms with Crippen molar-refractivity contribution in [2.75, 3.05) is 0 Å². The number of aromatic nitrogens is 1. The smallest absolute Gasteiger partial charge is 0.308 e. The van der Waals surface area contributed by atoms with Gasteiger partial charge in [-0.2, -0.15) is 0 Å². The van der Waals surface area contributed by atoms with Crippen molar-refractivity contribution in [2.24, 2.45) is 13.0 Å². The molecule has 2 unspecified atom stereocenters. The predicted octanol–water partition coefficient (Wildman–Crippen LogP) is 3.69. The molecule has 2 aromatic carbocycles. The van der Waals surface area contributed by atoms with Crippen molar-refractivity contribution in [2.45, 2.75) is 25.8 Å². The van der Waals surface area contributed by atoms with Crippen LogP contribution in [0.25, 0.3) is 10.9 Å². The van der Waals surface area contributed by atoms with Crippen LogP contribution in [0, 0.1) is 5.92 Å². The number of hydrogen-bond acceptors (Lipinski definition) is 2. The number of aryl methyl sites for hydroxylation is 2. The topological polar surface area (TPSA) is 71.3 Å². The van der Waals surface area contributed by atoms with Crippen molar-refractivity contribution in [3.8, 4) is 0 Å². The van der Waals surface area contributed by atoms with Gasteiger partial charge in [-0.25, -0.2) is 0 Å². The molecule has 0 radical (unpaired) electrons. The van der Waals surface area contributed by atoms with Crippen molar-refractivity contribution in [3.63, 3.8) is 0 Å². The van der Waals surface area contributed by atoms with E-state index in [0.717, 1.165) is 22.0 Å². The summed E-state index contributed by atoms with van der Waals surface area (Å²) in [6.07, 6.45) is 2.96. The average molecular weight is 364 g/mol. The maximum atomic E-state index is 12.6. The van der Waals surface area contributed by atoms with Gasteiger partial charge >= 0.3 is 5.97 Å². The van der Waals surface area contributed by atoms with Crippen LogP contribution < -0.4 is 5.32 Å². The van der Waals surface area contributed by atoms with E-state index in [1.165, 1.54) is 0 Å². The monoisotopic (exact) mass is 364 g/mol. The fourth-order valence-corrected chi connectivity index (χ4v) is 3.42. The third-order valence-electron chi connectivity index (χ3n) is 4.97. The van der Waals surface area contributed by atoms with Gasteiger partial charge in [0.25, 0.3) is 0 Å². The Morgan fingerprint density at radius 1 is 1.07 bits per heavy atom. The number of nitrogens with zero attached hydrogens (tertiary/aromatic N) is 1. The Labute approximate surface area is 158 Å². The number of carboxylic acids is 1. The second kappa shape index (κ2) is 8.08. The van der Waals surface area contributed by atoms with Gasteiger partial charge in [0.2, 0.25) is 5.91 Å². The highest BCUT2D eigenvalue weighted by atomic mass is 16.4. The number of aliphatic carboxylic acids is 1. The molecule has 5 heteroatoms. The maximum absolute atomic E-state index is 12.6. The lowest BCUT2D eigenvalue weighted by Gasteiger charge is -2.23. The highest BCUT2D eigenvalue weighted by Gasteiger charge is 2.26. The molecule has 0 spiro atoms. The molecule has 0 aliphatic rings. The number of carboxylic acid groups (broad SMARTS) is 1. The molecule has 1 heterocycles.